The number of anilines is 1. The summed E-state index contributed by atoms with van der Waals surface area (Å²) in [7, 11) is 0. The summed E-state index contributed by atoms with van der Waals surface area (Å²) in [5.74, 6) is -0.460. The van der Waals surface area contributed by atoms with E-state index in [2.05, 4.69) is 42.2 Å². The van der Waals surface area contributed by atoms with Gasteiger partial charge in [0.2, 0.25) is 0 Å². The van der Waals surface area contributed by atoms with E-state index in [0.29, 0.717) is 26.3 Å². The monoisotopic (exact) mass is 545 g/mol. The number of fused-ring (bicyclic) bond motifs is 1. The van der Waals surface area contributed by atoms with Crippen LogP contribution in [0.5, 0.6) is 0 Å². The second-order valence-electron chi connectivity index (χ2n) is 6.11. The third-order valence-corrected chi connectivity index (χ3v) is 5.99. The molecule has 0 fully saturated rings. The molecule has 0 atom stereocenters. The van der Waals surface area contributed by atoms with Gasteiger partial charge in [0.15, 0.2) is 0 Å². The van der Waals surface area contributed by atoms with Gasteiger partial charge in [-0.3, -0.25) is 0 Å². The van der Waals surface area contributed by atoms with E-state index in [1.54, 1.807) is 35.7 Å². The van der Waals surface area contributed by atoms with Crippen LogP contribution in [0.4, 0.5) is 10.1 Å². The molecule has 4 rings (SSSR count). The number of allylic oxidation sites excluding steroid dienone is 1. The summed E-state index contributed by atoms with van der Waals surface area (Å²) in [6.45, 7) is 0. The third kappa shape index (κ3) is 4.21. The summed E-state index contributed by atoms with van der Waals surface area (Å²) in [6, 6.07) is 13.6. The second kappa shape index (κ2) is 8.52. The zero-order valence-corrected chi connectivity index (χ0v) is 18.9. The standard InChI is InChI=1S/C21H10Br2FN3O2S/c22-13-2-4-19-11(5-13)6-15(21(28)29-19)18-10-30-20(27-18)12(8-25)9-26-17-3-1-14(23)7-16(17)24/h1-7,9-10,26H/b12-9-. The molecule has 2 aromatic carbocycles. The summed E-state index contributed by atoms with van der Waals surface area (Å²) < 4.78 is 20.8. The Balaban J connectivity index is 1.67. The molecule has 1 N–H and O–H groups in total. The van der Waals surface area contributed by atoms with Gasteiger partial charge in [-0.05, 0) is 42.5 Å². The predicted molar refractivity (Wildman–Crippen MR) is 123 cm³/mol. The maximum atomic E-state index is 14.0. The lowest BCUT2D eigenvalue weighted by molar-refractivity contribution is 0.563. The van der Waals surface area contributed by atoms with E-state index in [-0.39, 0.29) is 11.3 Å². The molecule has 0 aliphatic carbocycles. The molecule has 0 amide bonds. The zero-order chi connectivity index (χ0) is 21.3. The summed E-state index contributed by atoms with van der Waals surface area (Å²) >= 11 is 7.80. The highest BCUT2D eigenvalue weighted by atomic mass is 79.9. The highest BCUT2D eigenvalue weighted by Crippen LogP contribution is 2.28. The Labute approximate surface area is 190 Å². The number of nitrogens with one attached hydrogen (secondary N) is 1. The number of thiazole rings is 1. The van der Waals surface area contributed by atoms with Crippen molar-refractivity contribution in [3.8, 4) is 17.3 Å². The molecule has 9 heteroatoms. The van der Waals surface area contributed by atoms with Crippen molar-refractivity contribution in [1.29, 1.82) is 5.26 Å². The number of halogens is 3. The van der Waals surface area contributed by atoms with Crippen LogP contribution in [-0.4, -0.2) is 4.98 Å². The molecule has 5 nitrogen and oxygen atoms in total. The second-order valence-corrected chi connectivity index (χ2v) is 8.80. The molecule has 2 aromatic heterocycles. The molecular formula is C21H10Br2FN3O2S. The molecule has 0 unspecified atom stereocenters. The van der Waals surface area contributed by atoms with Crippen molar-refractivity contribution in [2.45, 2.75) is 0 Å². The molecule has 148 valence electrons. The molecule has 0 bridgehead atoms. The summed E-state index contributed by atoms with van der Waals surface area (Å²) in [4.78, 5) is 16.8. The minimum absolute atomic E-state index is 0.210. The Kier molecular flexibility index (Phi) is 5.81. The predicted octanol–water partition coefficient (Wildman–Crippen LogP) is 6.56. The SMILES string of the molecule is N#C/C(=C/Nc1ccc(Br)cc1F)c1nc(-c2cc3cc(Br)ccc3oc2=O)cs1. The van der Waals surface area contributed by atoms with Crippen LogP contribution in [-0.2, 0) is 0 Å². The van der Waals surface area contributed by atoms with Crippen LogP contribution in [0, 0.1) is 17.1 Å². The van der Waals surface area contributed by atoms with Crippen molar-refractivity contribution in [1.82, 2.24) is 4.98 Å². The van der Waals surface area contributed by atoms with Crippen molar-refractivity contribution in [2.75, 3.05) is 5.32 Å². The fourth-order valence-electron chi connectivity index (χ4n) is 2.69. The average molecular weight is 547 g/mol. The quantitative estimate of drug-likeness (QED) is 0.232. The van der Waals surface area contributed by atoms with Gasteiger partial charge in [-0.25, -0.2) is 14.2 Å². The largest absolute Gasteiger partial charge is 0.422 e. The number of benzene rings is 2. The Morgan fingerprint density at radius 3 is 2.73 bits per heavy atom. The summed E-state index contributed by atoms with van der Waals surface area (Å²) in [5.41, 5.74) is 1.10. The number of hydrogen-bond donors (Lipinski definition) is 1. The average Bonchev–Trinajstić information content (AvgIpc) is 3.19. The van der Waals surface area contributed by atoms with Crippen LogP contribution in [0.1, 0.15) is 5.01 Å². The minimum atomic E-state index is -0.515. The van der Waals surface area contributed by atoms with Crippen molar-refractivity contribution >= 4 is 65.4 Å². The van der Waals surface area contributed by atoms with E-state index < -0.39 is 11.4 Å². The Morgan fingerprint density at radius 1 is 1.20 bits per heavy atom. The van der Waals surface area contributed by atoms with Crippen LogP contribution >= 0.6 is 43.2 Å². The topological polar surface area (TPSA) is 78.9 Å². The van der Waals surface area contributed by atoms with Crippen LogP contribution < -0.4 is 10.9 Å². The zero-order valence-electron chi connectivity index (χ0n) is 14.9. The number of rotatable bonds is 4. The van der Waals surface area contributed by atoms with Gasteiger partial charge >= 0.3 is 5.63 Å². The van der Waals surface area contributed by atoms with Crippen molar-refractivity contribution in [3.05, 3.63) is 84.2 Å². The van der Waals surface area contributed by atoms with E-state index in [9.17, 15) is 14.4 Å². The van der Waals surface area contributed by atoms with E-state index in [1.807, 2.05) is 12.1 Å². The molecule has 0 aliphatic rings. The molecular weight excluding hydrogens is 537 g/mol. The van der Waals surface area contributed by atoms with Crippen LogP contribution in [0.2, 0.25) is 0 Å². The van der Waals surface area contributed by atoms with E-state index in [1.165, 1.54) is 23.6 Å². The maximum Gasteiger partial charge on any atom is 0.345 e. The smallest absolute Gasteiger partial charge is 0.345 e. The first-order valence-corrected chi connectivity index (χ1v) is 10.9. The van der Waals surface area contributed by atoms with E-state index in [4.69, 9.17) is 4.42 Å². The van der Waals surface area contributed by atoms with Gasteiger partial charge in [0.05, 0.1) is 16.9 Å². The highest BCUT2D eigenvalue weighted by Gasteiger charge is 2.14. The Hall–Kier alpha value is -2.80. The fraction of sp³-hybridized carbons (Fsp3) is 0. The molecule has 0 radical (unpaired) electrons. The van der Waals surface area contributed by atoms with Gasteiger partial charge in [0, 0.05) is 25.9 Å². The molecule has 0 saturated carbocycles. The van der Waals surface area contributed by atoms with Gasteiger partial charge in [-0.1, -0.05) is 31.9 Å². The van der Waals surface area contributed by atoms with Crippen molar-refractivity contribution in [3.63, 3.8) is 0 Å². The molecule has 0 spiro atoms. The summed E-state index contributed by atoms with van der Waals surface area (Å²) in [6.07, 6.45) is 1.38. The molecule has 0 saturated heterocycles. The first-order valence-electron chi connectivity index (χ1n) is 8.46. The van der Waals surface area contributed by atoms with Crippen LogP contribution in [0.3, 0.4) is 0 Å². The van der Waals surface area contributed by atoms with E-state index in [0.717, 1.165) is 9.86 Å². The molecule has 2 heterocycles. The lowest BCUT2D eigenvalue weighted by Gasteiger charge is -2.03. The van der Waals surface area contributed by atoms with E-state index >= 15 is 0 Å². The normalized spacial score (nSPS) is 11.5. The number of hydrogen-bond acceptors (Lipinski definition) is 6. The number of nitrogens with zero attached hydrogens (tertiary/aromatic N) is 2. The highest BCUT2D eigenvalue weighted by molar-refractivity contribution is 9.10. The van der Waals surface area contributed by atoms with Gasteiger partial charge < -0.3 is 9.73 Å². The molecule has 30 heavy (non-hydrogen) atoms. The van der Waals surface area contributed by atoms with Gasteiger partial charge in [-0.15, -0.1) is 11.3 Å². The molecule has 0 aliphatic heterocycles. The lowest BCUT2D eigenvalue weighted by atomic mass is 10.1. The maximum absolute atomic E-state index is 14.0. The number of aromatic nitrogens is 1. The number of nitriles is 1. The van der Waals surface area contributed by atoms with Gasteiger partial charge in [0.25, 0.3) is 0 Å². The Bertz CT molecular complexity index is 1410. The summed E-state index contributed by atoms with van der Waals surface area (Å²) in [5, 5.41) is 15.1. The van der Waals surface area contributed by atoms with Crippen molar-refractivity contribution in [2.24, 2.45) is 0 Å². The fourth-order valence-corrected chi connectivity index (χ4v) is 4.19. The first kappa shape index (κ1) is 20.5. The van der Waals surface area contributed by atoms with Gasteiger partial charge in [-0.2, -0.15) is 5.26 Å². The van der Waals surface area contributed by atoms with Crippen molar-refractivity contribution < 1.29 is 8.81 Å². The van der Waals surface area contributed by atoms with Crippen LogP contribution in [0.15, 0.2) is 72.2 Å². The first-order chi connectivity index (χ1) is 14.4. The minimum Gasteiger partial charge on any atom is -0.422 e. The van der Waals surface area contributed by atoms with Crippen LogP contribution in [0.25, 0.3) is 27.8 Å². The van der Waals surface area contributed by atoms with Gasteiger partial charge in [0.1, 0.15) is 28.1 Å². The third-order valence-electron chi connectivity index (χ3n) is 4.13. The lowest BCUT2D eigenvalue weighted by Crippen LogP contribution is -2.03. The Morgan fingerprint density at radius 2 is 1.97 bits per heavy atom. The molecule has 4 aromatic rings.